The Morgan fingerprint density at radius 1 is 1.13 bits per heavy atom. The van der Waals surface area contributed by atoms with Crippen LogP contribution in [0.4, 0.5) is 10.5 Å². The summed E-state index contributed by atoms with van der Waals surface area (Å²) in [5, 5.41) is 9.48. The van der Waals surface area contributed by atoms with E-state index in [9.17, 15) is 14.4 Å². The molecule has 1 aliphatic rings. The molecular formula is C22H21N5O4. The van der Waals surface area contributed by atoms with Crippen molar-refractivity contribution in [3.63, 3.8) is 0 Å². The molecule has 0 aliphatic carbocycles. The maximum atomic E-state index is 12.8. The number of nitrogens with zero attached hydrogens (tertiary/aromatic N) is 3. The molecule has 1 fully saturated rings. The van der Waals surface area contributed by atoms with Gasteiger partial charge in [0.05, 0.1) is 24.6 Å². The first-order valence-corrected chi connectivity index (χ1v) is 9.72. The summed E-state index contributed by atoms with van der Waals surface area (Å²) >= 11 is 0. The first kappa shape index (κ1) is 20.1. The van der Waals surface area contributed by atoms with Crippen molar-refractivity contribution in [3.05, 3.63) is 72.1 Å². The Balaban J connectivity index is 1.48. The molecule has 0 spiro atoms. The Kier molecular flexibility index (Phi) is 5.65. The highest BCUT2D eigenvalue weighted by Gasteiger charge is 2.27. The van der Waals surface area contributed by atoms with Gasteiger partial charge in [-0.2, -0.15) is 5.10 Å². The lowest BCUT2D eigenvalue weighted by Crippen LogP contribution is -2.50. The van der Waals surface area contributed by atoms with Crippen molar-refractivity contribution in [1.82, 2.24) is 20.4 Å². The lowest BCUT2D eigenvalue weighted by Gasteiger charge is -2.28. The highest BCUT2D eigenvalue weighted by atomic mass is 16.5. The first-order valence-electron chi connectivity index (χ1n) is 9.72. The van der Waals surface area contributed by atoms with Crippen LogP contribution in [0.5, 0.6) is 5.75 Å². The summed E-state index contributed by atoms with van der Waals surface area (Å²) in [5.74, 6) is 0.0361. The second kappa shape index (κ2) is 8.70. The third-order valence-corrected chi connectivity index (χ3v) is 4.91. The van der Waals surface area contributed by atoms with Crippen LogP contribution >= 0.6 is 0 Å². The predicted molar refractivity (Wildman–Crippen MR) is 113 cm³/mol. The molecule has 1 aromatic heterocycles. The number of benzene rings is 2. The fraction of sp³-hybridized carbons (Fsp3) is 0.182. The summed E-state index contributed by atoms with van der Waals surface area (Å²) < 4.78 is 7.05. The van der Waals surface area contributed by atoms with Gasteiger partial charge in [0.15, 0.2) is 0 Å². The third kappa shape index (κ3) is 4.25. The summed E-state index contributed by atoms with van der Waals surface area (Å²) in [5.41, 5.74) is 2.40. The molecule has 2 heterocycles. The van der Waals surface area contributed by atoms with Gasteiger partial charge in [0, 0.05) is 31.3 Å². The fourth-order valence-electron chi connectivity index (χ4n) is 3.37. The highest BCUT2D eigenvalue weighted by Crippen LogP contribution is 2.23. The van der Waals surface area contributed by atoms with E-state index in [0.29, 0.717) is 17.0 Å². The zero-order chi connectivity index (χ0) is 21.8. The van der Waals surface area contributed by atoms with E-state index in [0.717, 1.165) is 11.3 Å². The zero-order valence-corrected chi connectivity index (χ0v) is 16.9. The smallest absolute Gasteiger partial charge is 0.328 e. The van der Waals surface area contributed by atoms with Crippen LogP contribution in [-0.2, 0) is 11.3 Å². The Morgan fingerprint density at radius 2 is 1.87 bits per heavy atom. The number of imide groups is 1. The number of rotatable bonds is 6. The van der Waals surface area contributed by atoms with Gasteiger partial charge in [0.2, 0.25) is 5.91 Å². The maximum absolute atomic E-state index is 12.8. The van der Waals surface area contributed by atoms with Crippen LogP contribution in [0.25, 0.3) is 5.69 Å². The Hall–Kier alpha value is -4.14. The molecule has 0 unspecified atom stereocenters. The van der Waals surface area contributed by atoms with Crippen LogP contribution in [0.15, 0.2) is 60.9 Å². The summed E-state index contributed by atoms with van der Waals surface area (Å²) in [4.78, 5) is 37.9. The van der Waals surface area contributed by atoms with Crippen molar-refractivity contribution in [2.45, 2.75) is 13.0 Å². The number of aromatic nitrogens is 2. The number of methoxy groups -OCH3 is 1. The van der Waals surface area contributed by atoms with E-state index in [1.807, 2.05) is 30.5 Å². The molecule has 1 aliphatic heterocycles. The Bertz CT molecular complexity index is 1140. The van der Waals surface area contributed by atoms with E-state index in [2.05, 4.69) is 15.7 Å². The topological polar surface area (TPSA) is 106 Å². The molecule has 158 valence electrons. The van der Waals surface area contributed by atoms with Gasteiger partial charge in [-0.1, -0.05) is 24.3 Å². The standard InChI is InChI=1S/C22H21N5O4/c1-31-19-9-5-4-8-18(19)27-14-15(13-24-27)12-23-21(29)16-6-2-3-7-17(16)26-11-10-20(28)25-22(26)30/h2-9,13-14H,10-12H2,1H3,(H,23,29)(H,25,28,30). The second-order valence-corrected chi connectivity index (χ2v) is 6.92. The molecule has 4 amide bonds. The average molecular weight is 419 g/mol. The van der Waals surface area contributed by atoms with Crippen LogP contribution < -0.4 is 20.3 Å². The van der Waals surface area contributed by atoms with Crippen LogP contribution in [0.2, 0.25) is 0 Å². The van der Waals surface area contributed by atoms with E-state index >= 15 is 0 Å². The molecule has 9 nitrogen and oxygen atoms in total. The number of carbonyl (C=O) groups excluding carboxylic acids is 3. The number of anilines is 1. The normalized spacial score (nSPS) is 13.6. The van der Waals surface area contributed by atoms with Crippen LogP contribution in [0.1, 0.15) is 22.3 Å². The Labute approximate surface area is 178 Å². The summed E-state index contributed by atoms with van der Waals surface area (Å²) in [6, 6.07) is 13.8. The zero-order valence-electron chi connectivity index (χ0n) is 16.9. The van der Waals surface area contributed by atoms with Crippen molar-refractivity contribution in [2.24, 2.45) is 0 Å². The van der Waals surface area contributed by atoms with Crippen LogP contribution in [-0.4, -0.2) is 41.3 Å². The molecule has 2 aromatic carbocycles. The molecule has 3 aromatic rings. The van der Waals surface area contributed by atoms with Gasteiger partial charge in [-0.15, -0.1) is 0 Å². The number of hydrogen-bond donors (Lipinski definition) is 2. The molecule has 1 saturated heterocycles. The van der Waals surface area contributed by atoms with E-state index in [1.54, 1.807) is 42.3 Å². The molecule has 4 rings (SSSR count). The van der Waals surface area contributed by atoms with Gasteiger partial charge < -0.3 is 10.1 Å². The van der Waals surface area contributed by atoms with Gasteiger partial charge in [0.1, 0.15) is 11.4 Å². The van der Waals surface area contributed by atoms with Crippen molar-refractivity contribution in [1.29, 1.82) is 0 Å². The van der Waals surface area contributed by atoms with E-state index < -0.39 is 6.03 Å². The summed E-state index contributed by atoms with van der Waals surface area (Å²) in [7, 11) is 1.60. The predicted octanol–water partition coefficient (Wildman–Crippen LogP) is 2.26. The van der Waals surface area contributed by atoms with Gasteiger partial charge in [-0.3, -0.25) is 19.8 Å². The number of hydrogen-bond acceptors (Lipinski definition) is 5. The number of amides is 4. The molecule has 0 saturated carbocycles. The van der Waals surface area contributed by atoms with Crippen molar-refractivity contribution >= 4 is 23.5 Å². The third-order valence-electron chi connectivity index (χ3n) is 4.91. The molecule has 0 radical (unpaired) electrons. The molecule has 2 N–H and O–H groups in total. The number of para-hydroxylation sites is 3. The SMILES string of the molecule is COc1ccccc1-n1cc(CNC(=O)c2ccccc2N2CCC(=O)NC2=O)cn1. The average Bonchev–Trinajstić information content (AvgIpc) is 3.26. The summed E-state index contributed by atoms with van der Waals surface area (Å²) in [6.07, 6.45) is 3.67. The maximum Gasteiger partial charge on any atom is 0.328 e. The van der Waals surface area contributed by atoms with Crippen LogP contribution in [0.3, 0.4) is 0 Å². The second-order valence-electron chi connectivity index (χ2n) is 6.92. The molecular weight excluding hydrogens is 398 g/mol. The Morgan fingerprint density at radius 3 is 2.65 bits per heavy atom. The molecule has 31 heavy (non-hydrogen) atoms. The van der Waals surface area contributed by atoms with Crippen molar-refractivity contribution in [3.8, 4) is 11.4 Å². The van der Waals surface area contributed by atoms with Crippen LogP contribution in [0, 0.1) is 0 Å². The number of urea groups is 1. The van der Waals surface area contributed by atoms with Gasteiger partial charge in [-0.25, -0.2) is 9.48 Å². The number of ether oxygens (including phenoxy) is 1. The highest BCUT2D eigenvalue weighted by molar-refractivity contribution is 6.09. The molecule has 9 heteroatoms. The van der Waals surface area contributed by atoms with Crippen molar-refractivity contribution < 1.29 is 19.1 Å². The molecule has 0 atom stereocenters. The van der Waals surface area contributed by atoms with Gasteiger partial charge in [-0.05, 0) is 24.3 Å². The van der Waals surface area contributed by atoms with E-state index in [1.165, 1.54) is 4.90 Å². The minimum Gasteiger partial charge on any atom is -0.494 e. The summed E-state index contributed by atoms with van der Waals surface area (Å²) in [6.45, 7) is 0.480. The lowest BCUT2D eigenvalue weighted by molar-refractivity contribution is -0.120. The number of carbonyl (C=O) groups is 3. The van der Waals surface area contributed by atoms with Crippen molar-refractivity contribution in [2.75, 3.05) is 18.6 Å². The molecule has 0 bridgehead atoms. The largest absolute Gasteiger partial charge is 0.494 e. The monoisotopic (exact) mass is 419 g/mol. The number of nitrogens with one attached hydrogen (secondary N) is 2. The minimum absolute atomic E-state index is 0.184. The minimum atomic E-state index is -0.533. The fourth-order valence-corrected chi connectivity index (χ4v) is 3.37. The van der Waals surface area contributed by atoms with Gasteiger partial charge in [0.25, 0.3) is 5.91 Å². The van der Waals surface area contributed by atoms with E-state index in [-0.39, 0.29) is 31.3 Å². The van der Waals surface area contributed by atoms with E-state index in [4.69, 9.17) is 4.74 Å². The quantitative estimate of drug-likeness (QED) is 0.638. The lowest BCUT2D eigenvalue weighted by atomic mass is 10.1. The van der Waals surface area contributed by atoms with Gasteiger partial charge >= 0.3 is 6.03 Å². The first-order chi connectivity index (χ1) is 15.1.